The van der Waals surface area contributed by atoms with Crippen LogP contribution in [0.1, 0.15) is 30.6 Å². The molecule has 2 aromatic rings. The number of esters is 1. The molecule has 0 bridgehead atoms. The van der Waals surface area contributed by atoms with E-state index in [1.54, 1.807) is 24.3 Å². The number of hydrogen-bond donors (Lipinski definition) is 2. The maximum atomic E-state index is 10.8. The fourth-order valence-electron chi connectivity index (χ4n) is 2.09. The zero-order valence-corrected chi connectivity index (χ0v) is 15.9. The normalized spacial score (nSPS) is 11.1. The van der Waals surface area contributed by atoms with Crippen molar-refractivity contribution in [3.8, 4) is 5.75 Å². The van der Waals surface area contributed by atoms with E-state index in [1.807, 2.05) is 24.3 Å². The minimum Gasteiger partial charge on any atom is -0.482 e. The van der Waals surface area contributed by atoms with Crippen molar-refractivity contribution in [2.45, 2.75) is 25.9 Å². The molecular formula is C20H26ClNO4. The third-order valence-corrected chi connectivity index (χ3v) is 3.74. The van der Waals surface area contributed by atoms with Gasteiger partial charge in [-0.05, 0) is 41.8 Å². The summed E-state index contributed by atoms with van der Waals surface area (Å²) in [6.45, 7) is 2.33. The minimum atomic E-state index is -0.603. The Labute approximate surface area is 159 Å². The van der Waals surface area contributed by atoms with Crippen LogP contribution in [0.15, 0.2) is 48.5 Å². The van der Waals surface area contributed by atoms with Gasteiger partial charge in [0.25, 0.3) is 0 Å². The summed E-state index contributed by atoms with van der Waals surface area (Å²) in [5, 5.41) is 9.89. The maximum Gasteiger partial charge on any atom is 0.343 e. The number of halogens is 1. The van der Waals surface area contributed by atoms with Crippen LogP contribution in [-0.4, -0.2) is 31.3 Å². The predicted molar refractivity (Wildman–Crippen MR) is 103 cm³/mol. The van der Waals surface area contributed by atoms with Gasteiger partial charge in [-0.1, -0.05) is 49.2 Å². The van der Waals surface area contributed by atoms with Crippen molar-refractivity contribution >= 4 is 17.6 Å². The molecule has 0 aliphatic heterocycles. The fourth-order valence-corrected chi connectivity index (χ4v) is 2.29. The minimum absolute atomic E-state index is 0.0381. The van der Waals surface area contributed by atoms with Crippen molar-refractivity contribution in [2.75, 3.05) is 20.3 Å². The smallest absolute Gasteiger partial charge is 0.343 e. The molecule has 0 saturated heterocycles. The van der Waals surface area contributed by atoms with Crippen LogP contribution in [0.5, 0.6) is 5.75 Å². The lowest BCUT2D eigenvalue weighted by atomic mass is 10.1. The van der Waals surface area contributed by atoms with Crippen LogP contribution < -0.4 is 10.5 Å². The second kappa shape index (κ2) is 12.3. The van der Waals surface area contributed by atoms with E-state index in [0.717, 1.165) is 18.4 Å². The number of carbonyl (C=O) groups excluding carboxylic acids is 1. The molecule has 26 heavy (non-hydrogen) atoms. The number of aryl methyl sites for hydroxylation is 1. The van der Waals surface area contributed by atoms with Crippen molar-refractivity contribution < 1.29 is 19.4 Å². The first kappa shape index (κ1) is 22.0. The van der Waals surface area contributed by atoms with Crippen LogP contribution in [-0.2, 0) is 16.0 Å². The summed E-state index contributed by atoms with van der Waals surface area (Å²) in [6, 6.07) is 14.8. The summed E-state index contributed by atoms with van der Waals surface area (Å²) in [5.74, 6) is 0.327. The molecular weight excluding hydrogens is 354 g/mol. The quantitative estimate of drug-likeness (QED) is 0.719. The number of ether oxygens (including phenoxy) is 2. The summed E-state index contributed by atoms with van der Waals surface area (Å²) in [5.41, 5.74) is 7.31. The highest BCUT2D eigenvalue weighted by Gasteiger charge is 2.03. The molecule has 0 amide bonds. The van der Waals surface area contributed by atoms with Gasteiger partial charge in [0, 0.05) is 11.6 Å². The molecule has 5 nitrogen and oxygen atoms in total. The fraction of sp³-hybridized carbons (Fsp3) is 0.350. The number of rotatable bonds is 7. The Morgan fingerprint density at radius 1 is 1.23 bits per heavy atom. The second-order valence-electron chi connectivity index (χ2n) is 5.57. The molecule has 0 radical (unpaired) electrons. The topological polar surface area (TPSA) is 81.8 Å². The number of aliphatic hydroxyl groups excluding tert-OH is 1. The van der Waals surface area contributed by atoms with Gasteiger partial charge in [-0.3, -0.25) is 0 Å². The van der Waals surface area contributed by atoms with E-state index in [4.69, 9.17) is 22.1 Å². The van der Waals surface area contributed by atoms with E-state index >= 15 is 0 Å². The highest BCUT2D eigenvalue weighted by Crippen LogP contribution is 2.16. The monoisotopic (exact) mass is 379 g/mol. The van der Waals surface area contributed by atoms with E-state index in [0.29, 0.717) is 10.8 Å². The SMILES string of the molecule is CCCc1ccc(OCC(=O)OC)cc1.NCC(O)c1cccc(Cl)c1. The van der Waals surface area contributed by atoms with E-state index in [-0.39, 0.29) is 19.1 Å². The molecule has 0 aromatic heterocycles. The lowest BCUT2D eigenvalue weighted by molar-refractivity contribution is -0.142. The van der Waals surface area contributed by atoms with Gasteiger partial charge in [0.15, 0.2) is 6.61 Å². The molecule has 0 spiro atoms. The first-order valence-corrected chi connectivity index (χ1v) is 8.80. The Morgan fingerprint density at radius 3 is 2.46 bits per heavy atom. The van der Waals surface area contributed by atoms with Gasteiger partial charge >= 0.3 is 5.97 Å². The Hall–Kier alpha value is -2.08. The number of benzene rings is 2. The highest BCUT2D eigenvalue weighted by molar-refractivity contribution is 6.30. The average molecular weight is 380 g/mol. The standard InChI is InChI=1S/C12H16O3.C8H10ClNO/c1-3-4-10-5-7-11(8-6-10)15-9-12(13)14-2;9-7-3-1-2-6(4-7)8(11)5-10/h5-8H,3-4,9H2,1-2H3;1-4,8,11H,5,10H2. The molecule has 142 valence electrons. The van der Waals surface area contributed by atoms with Crippen molar-refractivity contribution in [1.29, 1.82) is 0 Å². The van der Waals surface area contributed by atoms with Gasteiger partial charge in [-0.15, -0.1) is 0 Å². The third kappa shape index (κ3) is 8.34. The van der Waals surface area contributed by atoms with Crippen LogP contribution in [0.2, 0.25) is 5.02 Å². The summed E-state index contributed by atoms with van der Waals surface area (Å²) in [4.78, 5) is 10.8. The van der Waals surface area contributed by atoms with Gasteiger partial charge < -0.3 is 20.3 Å². The van der Waals surface area contributed by atoms with E-state index in [2.05, 4.69) is 11.7 Å². The molecule has 6 heteroatoms. The van der Waals surface area contributed by atoms with E-state index < -0.39 is 6.10 Å². The van der Waals surface area contributed by atoms with Crippen molar-refractivity contribution in [3.05, 3.63) is 64.7 Å². The van der Waals surface area contributed by atoms with E-state index in [9.17, 15) is 9.90 Å². The first-order valence-electron chi connectivity index (χ1n) is 8.42. The van der Waals surface area contributed by atoms with Gasteiger partial charge in [0.1, 0.15) is 5.75 Å². The molecule has 0 fully saturated rings. The third-order valence-electron chi connectivity index (χ3n) is 3.50. The average Bonchev–Trinajstić information content (AvgIpc) is 2.67. The number of aliphatic hydroxyl groups is 1. The molecule has 2 rings (SSSR count). The molecule has 0 heterocycles. The number of carbonyl (C=O) groups is 1. The van der Waals surface area contributed by atoms with Gasteiger partial charge in [-0.25, -0.2) is 4.79 Å². The first-order chi connectivity index (χ1) is 12.5. The Kier molecular flexibility index (Phi) is 10.4. The summed E-state index contributed by atoms with van der Waals surface area (Å²) in [7, 11) is 1.34. The zero-order valence-electron chi connectivity index (χ0n) is 15.2. The molecule has 2 aromatic carbocycles. The van der Waals surface area contributed by atoms with Crippen LogP contribution in [0.25, 0.3) is 0 Å². The number of hydrogen-bond acceptors (Lipinski definition) is 5. The van der Waals surface area contributed by atoms with Crippen molar-refractivity contribution in [1.82, 2.24) is 0 Å². The molecule has 1 unspecified atom stereocenters. The van der Waals surface area contributed by atoms with Gasteiger partial charge in [0.05, 0.1) is 13.2 Å². The Bertz CT molecular complexity index is 661. The van der Waals surface area contributed by atoms with Crippen LogP contribution in [0.4, 0.5) is 0 Å². The lowest BCUT2D eigenvalue weighted by Crippen LogP contribution is -2.12. The highest BCUT2D eigenvalue weighted by atomic mass is 35.5. The lowest BCUT2D eigenvalue weighted by Gasteiger charge is -2.06. The number of methoxy groups -OCH3 is 1. The largest absolute Gasteiger partial charge is 0.482 e. The van der Waals surface area contributed by atoms with Crippen LogP contribution in [0, 0.1) is 0 Å². The van der Waals surface area contributed by atoms with Gasteiger partial charge in [-0.2, -0.15) is 0 Å². The maximum absolute atomic E-state index is 10.8. The zero-order chi connectivity index (χ0) is 19.4. The Morgan fingerprint density at radius 2 is 1.92 bits per heavy atom. The van der Waals surface area contributed by atoms with Crippen LogP contribution >= 0.6 is 11.6 Å². The summed E-state index contributed by atoms with van der Waals surface area (Å²) >= 11 is 5.69. The Balaban J connectivity index is 0.000000273. The van der Waals surface area contributed by atoms with Crippen LogP contribution in [0.3, 0.4) is 0 Å². The predicted octanol–water partition coefficient (Wildman–Crippen LogP) is 3.52. The summed E-state index contributed by atoms with van der Waals surface area (Å²) < 4.78 is 9.69. The van der Waals surface area contributed by atoms with Crippen molar-refractivity contribution in [2.24, 2.45) is 5.73 Å². The molecule has 1 atom stereocenters. The number of nitrogens with two attached hydrogens (primary N) is 1. The van der Waals surface area contributed by atoms with E-state index in [1.165, 1.54) is 12.7 Å². The summed E-state index contributed by atoms with van der Waals surface area (Å²) in [6.07, 6.45) is 1.59. The van der Waals surface area contributed by atoms with Crippen molar-refractivity contribution in [3.63, 3.8) is 0 Å². The molecule has 0 aliphatic carbocycles. The van der Waals surface area contributed by atoms with Gasteiger partial charge in [0.2, 0.25) is 0 Å². The second-order valence-corrected chi connectivity index (χ2v) is 6.00. The molecule has 3 N–H and O–H groups in total. The molecule has 0 saturated carbocycles. The molecule has 0 aliphatic rings.